The van der Waals surface area contributed by atoms with Crippen molar-refractivity contribution in [1.82, 2.24) is 35.5 Å². The molecule has 0 aliphatic heterocycles. The number of amides is 2. The zero-order valence-corrected chi connectivity index (χ0v) is 16.2. The fourth-order valence-electron chi connectivity index (χ4n) is 2.81. The van der Waals surface area contributed by atoms with Gasteiger partial charge in [-0.1, -0.05) is 0 Å². The average Bonchev–Trinajstić information content (AvgIpc) is 3.53. The van der Waals surface area contributed by atoms with Crippen LogP contribution in [0.3, 0.4) is 0 Å². The first-order chi connectivity index (χ1) is 17.4. The normalized spacial score (nSPS) is 16.5. The molecule has 3 heterocycles. The third-order valence-corrected chi connectivity index (χ3v) is 4.45. The number of nitrogens with zero attached hydrogens (tertiary/aromatic N) is 6. The Kier molecular flexibility index (Phi) is 3.77. The predicted molar refractivity (Wildman–Crippen MR) is 111 cm³/mol. The molecule has 3 aromatic heterocycles. The molecule has 0 spiro atoms. The summed E-state index contributed by atoms with van der Waals surface area (Å²) in [6.07, 6.45) is 4.12. The highest BCUT2D eigenvalue weighted by Gasteiger charge is 2.30. The molecular weight excluding hydrogens is 402 g/mol. The van der Waals surface area contributed by atoms with E-state index in [1.807, 2.05) is 5.32 Å². The summed E-state index contributed by atoms with van der Waals surface area (Å²) in [7, 11) is 1.34. The monoisotopic (exact) mass is 429 g/mol. The van der Waals surface area contributed by atoms with Crippen molar-refractivity contribution in [2.24, 2.45) is 12.9 Å². The molecule has 0 atom stereocenters. The molecule has 0 radical (unpaired) electrons. The van der Waals surface area contributed by atoms with E-state index >= 15 is 0 Å². The molecule has 0 unspecified atom stereocenters. The lowest BCUT2D eigenvalue weighted by atomic mass is 10.2. The summed E-state index contributed by atoms with van der Waals surface area (Å²) in [4.78, 5) is 29.6. The van der Waals surface area contributed by atoms with Crippen molar-refractivity contribution >= 4 is 29.1 Å². The Hall–Kier alpha value is -4.09. The Morgan fingerprint density at radius 1 is 1.32 bits per heavy atom. The molecule has 2 amide bonds. The van der Waals surface area contributed by atoms with Gasteiger partial charge in [0.25, 0.3) is 5.91 Å². The third-order valence-electron chi connectivity index (χ3n) is 4.45. The van der Waals surface area contributed by atoms with Crippen LogP contribution in [0.15, 0.2) is 24.5 Å². The average molecular weight is 429 g/mol. The molecule has 12 nitrogen and oxygen atoms in total. The maximum atomic E-state index is 12.6. The molecule has 3 aromatic rings. The lowest BCUT2D eigenvalue weighted by Gasteiger charge is -2.15. The number of anilines is 3. The van der Waals surface area contributed by atoms with Gasteiger partial charge in [-0.15, -0.1) is 10.2 Å². The molecule has 1 fully saturated rings. The molecule has 1 saturated carbocycles. The summed E-state index contributed by atoms with van der Waals surface area (Å²) in [5, 5.41) is 22.7. The van der Waals surface area contributed by atoms with Gasteiger partial charge in [-0.3, -0.25) is 9.59 Å². The van der Waals surface area contributed by atoms with Crippen molar-refractivity contribution in [3.05, 3.63) is 30.2 Å². The van der Waals surface area contributed by atoms with Gasteiger partial charge in [-0.2, -0.15) is 15.0 Å². The number of carbonyl (C=O) groups excluding carboxylic acids is 2. The van der Waals surface area contributed by atoms with Crippen LogP contribution < -0.4 is 20.7 Å². The molecule has 31 heavy (non-hydrogen) atoms. The lowest BCUT2D eigenvalue weighted by molar-refractivity contribution is -0.117. The Morgan fingerprint density at radius 2 is 2.19 bits per heavy atom. The smallest absolute Gasteiger partial charge is 0.273 e. The van der Waals surface area contributed by atoms with Gasteiger partial charge in [0.15, 0.2) is 23.1 Å². The summed E-state index contributed by atoms with van der Waals surface area (Å²) < 4.78 is 49.8. The summed E-state index contributed by atoms with van der Waals surface area (Å²) >= 11 is 0. The van der Waals surface area contributed by atoms with Crippen LogP contribution in [0.25, 0.3) is 11.3 Å². The summed E-state index contributed by atoms with van der Waals surface area (Å²) in [6.45, 7) is -5.38. The molecular formula is C19H21N9O3. The summed E-state index contributed by atoms with van der Waals surface area (Å²) in [5.74, 6) is -1.23. The van der Waals surface area contributed by atoms with Gasteiger partial charge in [0.1, 0.15) is 5.69 Å². The highest BCUT2D eigenvalue weighted by Crippen LogP contribution is 2.36. The highest BCUT2D eigenvalue weighted by atomic mass is 16.5. The molecule has 12 heteroatoms. The predicted octanol–water partition coefficient (Wildman–Crippen LogP) is 1.13. The van der Waals surface area contributed by atoms with Gasteiger partial charge in [-0.25, -0.2) is 4.98 Å². The Morgan fingerprint density at radius 3 is 2.90 bits per heavy atom. The molecule has 4 rings (SSSR count). The van der Waals surface area contributed by atoms with Crippen molar-refractivity contribution in [1.29, 1.82) is 0 Å². The number of carbonyl (C=O) groups is 2. The number of pyridine rings is 1. The van der Waals surface area contributed by atoms with Crippen molar-refractivity contribution < 1.29 is 22.6 Å². The number of aryl methyl sites for hydroxylation is 1. The van der Waals surface area contributed by atoms with E-state index in [0.717, 1.165) is 12.8 Å². The van der Waals surface area contributed by atoms with E-state index in [-0.39, 0.29) is 46.3 Å². The van der Waals surface area contributed by atoms with Crippen LogP contribution in [0, 0.1) is 5.92 Å². The quantitative estimate of drug-likeness (QED) is 0.502. The van der Waals surface area contributed by atoms with Crippen molar-refractivity contribution in [2.75, 3.05) is 24.7 Å². The van der Waals surface area contributed by atoms with E-state index in [2.05, 4.69) is 36.0 Å². The molecule has 3 N–H and O–H groups in total. The second-order valence-corrected chi connectivity index (χ2v) is 6.59. The second-order valence-electron chi connectivity index (χ2n) is 6.59. The van der Waals surface area contributed by atoms with Crippen LogP contribution in [-0.2, 0) is 11.8 Å². The van der Waals surface area contributed by atoms with Gasteiger partial charge >= 0.3 is 0 Å². The molecule has 1 aliphatic carbocycles. The maximum Gasteiger partial charge on any atom is 0.273 e. The molecule has 0 aromatic carbocycles. The van der Waals surface area contributed by atoms with Crippen LogP contribution in [0.1, 0.15) is 31.6 Å². The molecule has 0 bridgehead atoms. The first-order valence-corrected chi connectivity index (χ1v) is 9.10. The zero-order valence-electron chi connectivity index (χ0n) is 22.2. The molecule has 0 saturated heterocycles. The minimum absolute atomic E-state index is 0.0283. The molecule has 160 valence electrons. The van der Waals surface area contributed by atoms with Gasteiger partial charge in [0, 0.05) is 40.4 Å². The second kappa shape index (κ2) is 8.34. The van der Waals surface area contributed by atoms with Crippen LogP contribution in [0.2, 0.25) is 0 Å². The van der Waals surface area contributed by atoms with Crippen LogP contribution in [0.5, 0.6) is 5.75 Å². The lowest BCUT2D eigenvalue weighted by Crippen LogP contribution is -2.22. The number of rotatable bonds is 7. The minimum Gasteiger partial charge on any atom is -0.492 e. The Labute approximate surface area is 185 Å². The maximum absolute atomic E-state index is 12.6. The SMILES string of the molecule is [2H]C([2H])([2H])NC(=O)c1nnc(NC(=O)C2CC2)cc1Nc1nccc(-c2cnn(C([2H])([2H])[2H])n2)c1OC. The number of methoxy groups -OCH3 is 1. The van der Waals surface area contributed by atoms with E-state index in [1.165, 1.54) is 31.6 Å². The highest BCUT2D eigenvalue weighted by molar-refractivity contribution is 5.99. The van der Waals surface area contributed by atoms with Gasteiger partial charge in [-0.05, 0) is 18.9 Å². The fraction of sp³-hybridized carbons (Fsp3) is 0.316. The number of aromatic nitrogens is 6. The minimum atomic E-state index is -2.79. The number of hydrogen-bond acceptors (Lipinski definition) is 9. The van der Waals surface area contributed by atoms with Crippen LogP contribution >= 0.6 is 0 Å². The topological polar surface area (TPSA) is 149 Å². The van der Waals surface area contributed by atoms with E-state index in [1.54, 1.807) is 0 Å². The summed E-state index contributed by atoms with van der Waals surface area (Å²) in [6, 6.07) is 2.83. The van der Waals surface area contributed by atoms with Crippen LogP contribution in [-0.4, -0.2) is 56.1 Å². The first kappa shape index (κ1) is 14.0. The Balaban J connectivity index is 1.72. The van der Waals surface area contributed by atoms with E-state index in [0.29, 0.717) is 10.4 Å². The van der Waals surface area contributed by atoms with Crippen molar-refractivity contribution in [2.45, 2.75) is 12.8 Å². The standard InChI is InChI=1S/C19H21N9O3/c1-20-19(30)15-12(8-14(25-26-15)24-18(29)10-4-5-10)23-17-16(31-3)11(6-7-21-17)13-9-22-28(2)27-13/h6-10H,4-5H2,1-3H3,(H,20,30)(H2,21,23,24,25,29)/i1D3,2D3. The van der Waals surface area contributed by atoms with Crippen LogP contribution in [0.4, 0.5) is 17.3 Å². The van der Waals surface area contributed by atoms with Gasteiger partial charge in [0.05, 0.1) is 24.6 Å². The number of nitrogens with one attached hydrogen (secondary N) is 3. The van der Waals surface area contributed by atoms with Gasteiger partial charge < -0.3 is 20.7 Å². The third kappa shape index (κ3) is 4.27. The first-order valence-electron chi connectivity index (χ1n) is 12.1. The van der Waals surface area contributed by atoms with E-state index < -0.39 is 19.9 Å². The van der Waals surface area contributed by atoms with Crippen molar-refractivity contribution in [3.63, 3.8) is 0 Å². The summed E-state index contributed by atoms with van der Waals surface area (Å²) in [5.41, 5.74) is 0.0809. The Bertz CT molecular complexity index is 1340. The largest absolute Gasteiger partial charge is 0.492 e. The molecule has 1 aliphatic rings. The van der Waals surface area contributed by atoms with E-state index in [9.17, 15) is 9.59 Å². The number of hydrogen-bond donors (Lipinski definition) is 3. The zero-order chi connectivity index (χ0) is 27.0. The number of ether oxygens (including phenoxy) is 1. The van der Waals surface area contributed by atoms with E-state index in [4.69, 9.17) is 13.0 Å². The van der Waals surface area contributed by atoms with Gasteiger partial charge in [0.2, 0.25) is 5.91 Å². The van der Waals surface area contributed by atoms with Crippen molar-refractivity contribution in [3.8, 4) is 17.0 Å². The fourth-order valence-corrected chi connectivity index (χ4v) is 2.81.